The minimum atomic E-state index is -3.57. The predicted molar refractivity (Wildman–Crippen MR) is 129 cm³/mol. The van der Waals surface area contributed by atoms with Crippen molar-refractivity contribution in [2.75, 3.05) is 40.1 Å². The van der Waals surface area contributed by atoms with Crippen molar-refractivity contribution in [3.63, 3.8) is 0 Å². The summed E-state index contributed by atoms with van der Waals surface area (Å²) in [7, 11) is -0.487. The Morgan fingerprint density at radius 1 is 1.34 bits per heavy atom. The normalized spacial score (nSPS) is 20.4. The molecule has 10 nitrogen and oxygen atoms in total. The van der Waals surface area contributed by atoms with Gasteiger partial charge in [0, 0.05) is 48.6 Å². The number of hydrogen-bond acceptors (Lipinski definition) is 6. The predicted octanol–water partition coefficient (Wildman–Crippen LogP) is 0.633. The van der Waals surface area contributed by atoms with Crippen LogP contribution in [0.5, 0.6) is 0 Å². The van der Waals surface area contributed by atoms with Crippen LogP contribution in [0, 0.1) is 5.82 Å². The van der Waals surface area contributed by atoms with Crippen LogP contribution in [0.3, 0.4) is 0 Å². The topological polar surface area (TPSA) is 124 Å². The van der Waals surface area contributed by atoms with Gasteiger partial charge in [0.2, 0.25) is 15.9 Å². The van der Waals surface area contributed by atoms with Crippen molar-refractivity contribution in [3.05, 3.63) is 41.5 Å². The third kappa shape index (κ3) is 4.70. The molecule has 2 amide bonds. The summed E-state index contributed by atoms with van der Waals surface area (Å²) < 4.78 is 45.6. The molecular weight excluding hydrogens is 477 g/mol. The van der Waals surface area contributed by atoms with Gasteiger partial charge in [-0.1, -0.05) is 0 Å². The fraction of sp³-hybridized carbons (Fsp3) is 0.478. The van der Waals surface area contributed by atoms with Crippen molar-refractivity contribution in [3.8, 4) is 0 Å². The molecule has 35 heavy (non-hydrogen) atoms. The maximum Gasteiger partial charge on any atom is 0.251 e. The lowest BCUT2D eigenvalue weighted by atomic mass is 10.0. The minimum Gasteiger partial charge on any atom is -0.382 e. The highest BCUT2D eigenvalue weighted by molar-refractivity contribution is 7.88. The van der Waals surface area contributed by atoms with E-state index in [1.165, 1.54) is 23.5 Å². The highest BCUT2D eigenvalue weighted by Crippen LogP contribution is 2.42. The number of nitrogens with one attached hydrogen (secondary N) is 3. The van der Waals surface area contributed by atoms with Crippen LogP contribution in [-0.2, 0) is 24.3 Å². The molecule has 0 radical (unpaired) electrons. The van der Waals surface area contributed by atoms with E-state index in [0.717, 1.165) is 11.6 Å². The molecule has 1 fully saturated rings. The maximum absolute atomic E-state index is 13.7. The first kappa shape index (κ1) is 25.3. The van der Waals surface area contributed by atoms with E-state index in [9.17, 15) is 22.4 Å². The monoisotopic (exact) mass is 507 g/mol. The number of H-pyrrole nitrogens is 1. The summed E-state index contributed by atoms with van der Waals surface area (Å²) in [5.74, 6) is -1.12. The van der Waals surface area contributed by atoms with Crippen molar-refractivity contribution in [2.24, 2.45) is 0 Å². The number of nitrogens with zero attached hydrogens (tertiary/aromatic N) is 2. The Morgan fingerprint density at radius 2 is 2.09 bits per heavy atom. The minimum absolute atomic E-state index is 0.0348. The smallest absolute Gasteiger partial charge is 0.251 e. The van der Waals surface area contributed by atoms with E-state index in [0.29, 0.717) is 35.3 Å². The molecule has 3 N–H and O–H groups in total. The van der Waals surface area contributed by atoms with Crippen LogP contribution in [0.2, 0.25) is 0 Å². The average molecular weight is 508 g/mol. The number of carbonyl (C=O) groups is 2. The van der Waals surface area contributed by atoms with Crippen molar-refractivity contribution < 1.29 is 27.1 Å². The summed E-state index contributed by atoms with van der Waals surface area (Å²) in [5.41, 5.74) is 2.55. The van der Waals surface area contributed by atoms with Crippen LogP contribution >= 0.6 is 0 Å². The Morgan fingerprint density at radius 3 is 2.74 bits per heavy atom. The van der Waals surface area contributed by atoms with Crippen molar-refractivity contribution in [1.29, 1.82) is 0 Å². The number of hydrogen-bond donors (Lipinski definition) is 3. The molecule has 3 atom stereocenters. The molecule has 0 saturated carbocycles. The lowest BCUT2D eigenvalue weighted by Crippen LogP contribution is -2.53. The second kappa shape index (κ2) is 9.69. The molecule has 1 aromatic heterocycles. The van der Waals surface area contributed by atoms with Gasteiger partial charge >= 0.3 is 0 Å². The zero-order valence-corrected chi connectivity index (χ0v) is 20.9. The van der Waals surface area contributed by atoms with Crippen LogP contribution < -0.4 is 10.6 Å². The number of likely N-dealkylation sites (tertiary alicyclic amines) is 1. The molecule has 0 aliphatic carbocycles. The summed E-state index contributed by atoms with van der Waals surface area (Å²) in [6, 6.07) is 2.38. The number of likely N-dealkylation sites (N-methyl/N-ethyl adjacent to an activating group) is 1. The van der Waals surface area contributed by atoms with Gasteiger partial charge in [-0.3, -0.25) is 9.59 Å². The lowest BCUT2D eigenvalue weighted by molar-refractivity contribution is -0.136. The van der Waals surface area contributed by atoms with Crippen LogP contribution in [0.1, 0.15) is 18.9 Å². The Kier molecular flexibility index (Phi) is 7.00. The number of fused-ring (bicyclic) bond motifs is 2. The van der Waals surface area contributed by atoms with E-state index < -0.39 is 34.0 Å². The molecule has 2 aromatic rings. The van der Waals surface area contributed by atoms with Gasteiger partial charge in [0.1, 0.15) is 11.9 Å². The van der Waals surface area contributed by atoms with E-state index in [1.807, 2.05) is 0 Å². The van der Waals surface area contributed by atoms with E-state index >= 15 is 0 Å². The zero-order chi connectivity index (χ0) is 25.5. The van der Waals surface area contributed by atoms with E-state index in [4.69, 9.17) is 4.74 Å². The van der Waals surface area contributed by atoms with E-state index in [-0.39, 0.29) is 25.0 Å². The largest absolute Gasteiger partial charge is 0.382 e. The highest BCUT2D eigenvalue weighted by atomic mass is 32.2. The Bertz CT molecular complexity index is 1290. The molecule has 1 saturated heterocycles. The molecule has 2 aliphatic heterocycles. The van der Waals surface area contributed by atoms with Gasteiger partial charge in [-0.2, -0.15) is 4.31 Å². The lowest BCUT2D eigenvalue weighted by Gasteiger charge is -2.27. The number of aromatic amines is 1. The van der Waals surface area contributed by atoms with E-state index in [1.54, 1.807) is 31.1 Å². The first-order valence-corrected chi connectivity index (χ1v) is 13.2. The summed E-state index contributed by atoms with van der Waals surface area (Å²) >= 11 is 0. The number of ether oxygens (including phenoxy) is 1. The molecule has 12 heteroatoms. The van der Waals surface area contributed by atoms with Gasteiger partial charge in [0.25, 0.3) is 5.91 Å². The third-order valence-corrected chi connectivity index (χ3v) is 7.87. The fourth-order valence-electron chi connectivity index (χ4n) is 4.79. The van der Waals surface area contributed by atoms with Gasteiger partial charge in [0.05, 0.1) is 24.9 Å². The Hall–Kier alpha value is -2.80. The number of methoxy groups -OCH3 is 1. The number of aromatic nitrogens is 1. The van der Waals surface area contributed by atoms with Gasteiger partial charge in [-0.05, 0) is 44.2 Å². The third-order valence-electron chi connectivity index (χ3n) is 6.64. The molecular formula is C23H30FN5O5S. The molecule has 3 unspecified atom stereocenters. The Labute approximate surface area is 203 Å². The second-order valence-electron chi connectivity index (χ2n) is 8.89. The first-order chi connectivity index (χ1) is 16.6. The molecule has 190 valence electrons. The second-order valence-corrected chi connectivity index (χ2v) is 10.8. The van der Waals surface area contributed by atoms with Crippen molar-refractivity contribution in [2.45, 2.75) is 31.5 Å². The van der Waals surface area contributed by atoms with Crippen molar-refractivity contribution >= 4 is 38.3 Å². The number of rotatable bonds is 8. The fourth-order valence-corrected chi connectivity index (χ4v) is 5.82. The highest BCUT2D eigenvalue weighted by Gasteiger charge is 2.47. The summed E-state index contributed by atoms with van der Waals surface area (Å²) in [6.07, 6.45) is 3.28. The quantitative estimate of drug-likeness (QED) is 0.482. The van der Waals surface area contributed by atoms with Crippen molar-refractivity contribution in [1.82, 2.24) is 24.8 Å². The SMILES string of the molecule is CNC(C)C(=O)NC(COC)C(=O)N1CCC2C1=C(c1c[nH]c3cc(F)ccc13)CN2S(C)(=O)=O. The number of amides is 2. The summed E-state index contributed by atoms with van der Waals surface area (Å²) in [4.78, 5) is 30.7. The standard InChI is InChI=1S/C23H30FN5O5S/c1-13(25-2)22(30)27-19(12-34-3)23(31)28-8-7-20-21(28)17(11-29(20)35(4,32)33)16-10-26-18-9-14(24)5-6-15(16)18/h5-6,9-10,13,19-20,25-26H,7-8,11-12H2,1-4H3,(H,27,30). The van der Waals surface area contributed by atoms with Gasteiger partial charge < -0.3 is 25.3 Å². The molecule has 3 heterocycles. The summed E-state index contributed by atoms with van der Waals surface area (Å²) in [6.45, 7) is 2.03. The molecule has 4 rings (SSSR count). The average Bonchev–Trinajstić information content (AvgIpc) is 3.50. The maximum atomic E-state index is 13.7. The first-order valence-electron chi connectivity index (χ1n) is 11.3. The van der Waals surface area contributed by atoms with E-state index in [2.05, 4.69) is 15.6 Å². The van der Waals surface area contributed by atoms with Gasteiger partial charge in [-0.25, -0.2) is 12.8 Å². The van der Waals surface area contributed by atoms with Crippen LogP contribution in [0.4, 0.5) is 4.39 Å². The number of sulfonamides is 1. The summed E-state index contributed by atoms with van der Waals surface area (Å²) in [5, 5.41) is 6.30. The molecule has 1 aromatic carbocycles. The van der Waals surface area contributed by atoms with Crippen LogP contribution in [0.25, 0.3) is 16.5 Å². The molecule has 0 spiro atoms. The van der Waals surface area contributed by atoms with Gasteiger partial charge in [0.15, 0.2) is 0 Å². The van der Waals surface area contributed by atoms with Crippen LogP contribution in [-0.4, -0.2) is 92.7 Å². The zero-order valence-electron chi connectivity index (χ0n) is 20.1. The number of benzene rings is 1. The Balaban J connectivity index is 1.76. The molecule has 2 aliphatic rings. The van der Waals surface area contributed by atoms with Crippen LogP contribution in [0.15, 0.2) is 30.1 Å². The number of halogens is 1. The number of carbonyl (C=O) groups excluding carboxylic acids is 2. The van der Waals surface area contributed by atoms with Gasteiger partial charge in [-0.15, -0.1) is 0 Å². The molecule has 0 bridgehead atoms.